The number of anilines is 2. The van der Waals surface area contributed by atoms with Crippen molar-refractivity contribution >= 4 is 40.9 Å². The molecule has 0 atom stereocenters. The summed E-state index contributed by atoms with van der Waals surface area (Å²) in [5.74, 6) is -0.0961. The van der Waals surface area contributed by atoms with Crippen LogP contribution < -0.4 is 20.1 Å². The van der Waals surface area contributed by atoms with E-state index >= 15 is 0 Å². The van der Waals surface area contributed by atoms with Gasteiger partial charge in [0, 0.05) is 5.69 Å². The van der Waals surface area contributed by atoms with E-state index in [9.17, 15) is 14.9 Å². The third-order valence-corrected chi connectivity index (χ3v) is 4.98. The number of carbonyl (C=O) groups is 2. The molecule has 0 aliphatic rings. The minimum atomic E-state index is -0.532. The molecular formula is C26H22ClN3O4. The van der Waals surface area contributed by atoms with E-state index in [1.54, 1.807) is 54.6 Å². The standard InChI is InChI=1S/C26H22ClN3O4/c1-17-7-10-20(11-8-17)29-26(32)19(15-28)13-18-9-12-23(21(27)14-18)34-16-25(31)30-22-5-3-4-6-24(22)33-2/h3-14H,16H2,1-2H3,(H,29,32)(H,30,31). The first kappa shape index (κ1) is 24.4. The fourth-order valence-corrected chi connectivity index (χ4v) is 3.20. The summed E-state index contributed by atoms with van der Waals surface area (Å²) in [6.45, 7) is 1.67. The fraction of sp³-hybridized carbons (Fsp3) is 0.115. The largest absolute Gasteiger partial charge is 0.495 e. The number of methoxy groups -OCH3 is 1. The normalized spacial score (nSPS) is 10.7. The highest BCUT2D eigenvalue weighted by Gasteiger charge is 2.12. The van der Waals surface area contributed by atoms with Gasteiger partial charge >= 0.3 is 0 Å². The SMILES string of the molecule is COc1ccccc1NC(=O)COc1ccc(C=C(C#N)C(=O)Nc2ccc(C)cc2)cc1Cl. The van der Waals surface area contributed by atoms with Gasteiger partial charge in [0.1, 0.15) is 23.1 Å². The van der Waals surface area contributed by atoms with Crippen molar-refractivity contribution in [2.45, 2.75) is 6.92 Å². The molecule has 0 spiro atoms. The van der Waals surface area contributed by atoms with Crippen LogP contribution in [0.5, 0.6) is 11.5 Å². The van der Waals surface area contributed by atoms with Gasteiger partial charge in [-0.05, 0) is 55.0 Å². The number of rotatable bonds is 8. The Hall–Kier alpha value is -4.28. The maximum absolute atomic E-state index is 12.4. The van der Waals surface area contributed by atoms with E-state index in [0.717, 1.165) is 5.56 Å². The molecule has 2 amide bonds. The summed E-state index contributed by atoms with van der Waals surface area (Å²) in [7, 11) is 1.52. The number of para-hydroxylation sites is 2. The van der Waals surface area contributed by atoms with Crippen molar-refractivity contribution in [1.29, 1.82) is 5.26 Å². The quantitative estimate of drug-likeness (QED) is 0.343. The van der Waals surface area contributed by atoms with Gasteiger partial charge in [0.05, 0.1) is 17.8 Å². The van der Waals surface area contributed by atoms with Crippen LogP contribution in [0.25, 0.3) is 6.08 Å². The Balaban J connectivity index is 1.63. The van der Waals surface area contributed by atoms with Gasteiger partial charge in [-0.2, -0.15) is 5.26 Å². The Kier molecular flexibility index (Phi) is 8.27. The Morgan fingerprint density at radius 1 is 1.03 bits per heavy atom. The van der Waals surface area contributed by atoms with Crippen LogP contribution in [0.15, 0.2) is 72.3 Å². The molecule has 172 valence electrons. The number of benzene rings is 3. The molecule has 8 heteroatoms. The van der Waals surface area contributed by atoms with Gasteiger partial charge in [-0.1, -0.05) is 47.5 Å². The van der Waals surface area contributed by atoms with E-state index in [1.165, 1.54) is 13.2 Å². The lowest BCUT2D eigenvalue weighted by Gasteiger charge is -2.11. The summed E-state index contributed by atoms with van der Waals surface area (Å²) in [4.78, 5) is 24.7. The van der Waals surface area contributed by atoms with Gasteiger partial charge in [0.2, 0.25) is 0 Å². The summed E-state index contributed by atoms with van der Waals surface area (Å²) in [6.07, 6.45) is 1.42. The lowest BCUT2D eigenvalue weighted by Crippen LogP contribution is -2.20. The Labute approximate surface area is 202 Å². The molecule has 2 N–H and O–H groups in total. The molecule has 0 saturated heterocycles. The van der Waals surface area contributed by atoms with Crippen molar-refractivity contribution in [2.24, 2.45) is 0 Å². The third kappa shape index (κ3) is 6.61. The minimum Gasteiger partial charge on any atom is -0.495 e. The first-order chi connectivity index (χ1) is 16.4. The van der Waals surface area contributed by atoms with E-state index in [1.807, 2.05) is 25.1 Å². The van der Waals surface area contributed by atoms with E-state index in [0.29, 0.717) is 22.7 Å². The number of nitrogens with zero attached hydrogens (tertiary/aromatic N) is 1. The van der Waals surface area contributed by atoms with Gasteiger partial charge in [0.25, 0.3) is 11.8 Å². The highest BCUT2D eigenvalue weighted by Crippen LogP contribution is 2.27. The van der Waals surface area contributed by atoms with E-state index < -0.39 is 5.91 Å². The molecule has 3 aromatic rings. The summed E-state index contributed by atoms with van der Waals surface area (Å²) >= 11 is 6.28. The number of hydrogen-bond acceptors (Lipinski definition) is 5. The van der Waals surface area contributed by atoms with Crippen molar-refractivity contribution in [3.63, 3.8) is 0 Å². The zero-order chi connectivity index (χ0) is 24.5. The van der Waals surface area contributed by atoms with E-state index in [-0.39, 0.29) is 28.9 Å². The number of carbonyl (C=O) groups excluding carboxylic acids is 2. The van der Waals surface area contributed by atoms with Crippen molar-refractivity contribution in [3.05, 3.63) is 88.5 Å². The number of amides is 2. The van der Waals surface area contributed by atoms with Crippen molar-refractivity contribution in [3.8, 4) is 17.6 Å². The molecule has 0 aromatic heterocycles. The summed E-state index contributed by atoms with van der Waals surface area (Å²) in [5.41, 5.74) is 2.62. The minimum absolute atomic E-state index is 0.0819. The zero-order valence-electron chi connectivity index (χ0n) is 18.6. The van der Waals surface area contributed by atoms with Crippen LogP contribution in [0.1, 0.15) is 11.1 Å². The van der Waals surface area contributed by atoms with Gasteiger partial charge in [0.15, 0.2) is 6.61 Å². The number of ether oxygens (including phenoxy) is 2. The first-order valence-corrected chi connectivity index (χ1v) is 10.6. The zero-order valence-corrected chi connectivity index (χ0v) is 19.3. The van der Waals surface area contributed by atoms with Crippen LogP contribution in [0.3, 0.4) is 0 Å². The second kappa shape index (κ2) is 11.5. The molecule has 0 aliphatic carbocycles. The van der Waals surface area contributed by atoms with Crippen molar-refractivity contribution in [1.82, 2.24) is 0 Å². The Bertz CT molecular complexity index is 1260. The molecule has 0 saturated carbocycles. The molecule has 0 bridgehead atoms. The summed E-state index contributed by atoms with van der Waals surface area (Å²) in [5, 5.41) is 15.0. The van der Waals surface area contributed by atoms with Crippen LogP contribution >= 0.6 is 11.6 Å². The van der Waals surface area contributed by atoms with Crippen LogP contribution in [-0.2, 0) is 9.59 Å². The van der Waals surface area contributed by atoms with Crippen LogP contribution in [0.4, 0.5) is 11.4 Å². The topological polar surface area (TPSA) is 100 Å². The Morgan fingerprint density at radius 2 is 1.76 bits per heavy atom. The lowest BCUT2D eigenvalue weighted by molar-refractivity contribution is -0.118. The predicted octanol–water partition coefficient (Wildman–Crippen LogP) is 5.22. The Morgan fingerprint density at radius 3 is 2.44 bits per heavy atom. The molecule has 0 aliphatic heterocycles. The smallest absolute Gasteiger partial charge is 0.266 e. The molecule has 3 aromatic carbocycles. The highest BCUT2D eigenvalue weighted by atomic mass is 35.5. The summed E-state index contributed by atoms with van der Waals surface area (Å²) < 4.78 is 10.7. The van der Waals surface area contributed by atoms with Crippen LogP contribution in [0.2, 0.25) is 5.02 Å². The van der Waals surface area contributed by atoms with E-state index in [2.05, 4.69) is 10.6 Å². The highest BCUT2D eigenvalue weighted by molar-refractivity contribution is 6.32. The molecule has 0 heterocycles. The van der Waals surface area contributed by atoms with Crippen LogP contribution in [0, 0.1) is 18.3 Å². The van der Waals surface area contributed by atoms with E-state index in [4.69, 9.17) is 21.1 Å². The van der Waals surface area contributed by atoms with Crippen LogP contribution in [-0.4, -0.2) is 25.5 Å². The molecule has 0 fully saturated rings. The number of nitrogens with one attached hydrogen (secondary N) is 2. The maximum atomic E-state index is 12.4. The van der Waals surface area contributed by atoms with Crippen molar-refractivity contribution < 1.29 is 19.1 Å². The van der Waals surface area contributed by atoms with Gasteiger partial charge < -0.3 is 20.1 Å². The third-order valence-electron chi connectivity index (χ3n) is 4.68. The first-order valence-electron chi connectivity index (χ1n) is 10.2. The predicted molar refractivity (Wildman–Crippen MR) is 132 cm³/mol. The summed E-state index contributed by atoms with van der Waals surface area (Å²) in [6, 6.07) is 20.9. The fourth-order valence-electron chi connectivity index (χ4n) is 2.95. The second-order valence-corrected chi connectivity index (χ2v) is 7.62. The average molecular weight is 476 g/mol. The number of hydrogen-bond donors (Lipinski definition) is 2. The lowest BCUT2D eigenvalue weighted by atomic mass is 10.1. The number of halogens is 1. The molecule has 34 heavy (non-hydrogen) atoms. The monoisotopic (exact) mass is 475 g/mol. The second-order valence-electron chi connectivity index (χ2n) is 7.22. The van der Waals surface area contributed by atoms with Gasteiger partial charge in [-0.3, -0.25) is 9.59 Å². The molecule has 0 radical (unpaired) electrons. The van der Waals surface area contributed by atoms with Gasteiger partial charge in [-0.25, -0.2) is 0 Å². The van der Waals surface area contributed by atoms with Crippen molar-refractivity contribution in [2.75, 3.05) is 24.4 Å². The molecule has 0 unspecified atom stereocenters. The van der Waals surface area contributed by atoms with Gasteiger partial charge in [-0.15, -0.1) is 0 Å². The molecular weight excluding hydrogens is 454 g/mol. The average Bonchev–Trinajstić information content (AvgIpc) is 2.83. The molecule has 7 nitrogen and oxygen atoms in total. The number of aryl methyl sites for hydroxylation is 1. The maximum Gasteiger partial charge on any atom is 0.266 e. The molecule has 3 rings (SSSR count). The number of nitriles is 1.